The average molecular weight is 1040 g/mol. The van der Waals surface area contributed by atoms with Gasteiger partial charge in [-0.3, -0.25) is 0 Å². The molecule has 6 aromatic rings. The Hall–Kier alpha value is -6.29. The number of azide groups is 1. The van der Waals surface area contributed by atoms with E-state index in [4.69, 9.17) is 67.1 Å². The lowest BCUT2D eigenvalue weighted by Gasteiger charge is -2.10. The van der Waals surface area contributed by atoms with E-state index >= 15 is 0 Å². The molecular formula is C35H20BCl4F12N9O6. The quantitative estimate of drug-likeness (QED) is 0.0358. The van der Waals surface area contributed by atoms with Gasteiger partial charge in [-0.15, -0.1) is 10.2 Å². The predicted molar refractivity (Wildman–Crippen MR) is 213 cm³/mol. The van der Waals surface area contributed by atoms with Crippen molar-refractivity contribution in [1.29, 1.82) is 0 Å². The van der Waals surface area contributed by atoms with Gasteiger partial charge in [0.1, 0.15) is 0 Å². The van der Waals surface area contributed by atoms with Crippen LogP contribution in [0.5, 0.6) is 0 Å². The van der Waals surface area contributed by atoms with Crippen LogP contribution in [0.3, 0.4) is 0 Å². The van der Waals surface area contributed by atoms with E-state index in [2.05, 4.69) is 35.4 Å². The van der Waals surface area contributed by atoms with E-state index in [9.17, 15) is 62.3 Å². The SMILES string of the molecule is COC(=O)c1cn(-c2ccc(Cl)c(C(F)(F)F)c2)nn1.O=C(O)c1cn(-c2ccc(Cl)c(C(F)(F)F)c2)nn1.OB(O)c1ccc(Cl)c(C(F)(F)F)c1.[N-]=[N+]=Nc1ccc(Cl)c(C(F)(F)F)c1. The number of carbonyl (C=O) groups is 2. The van der Waals surface area contributed by atoms with Crippen molar-refractivity contribution >= 4 is 76.6 Å². The number of methoxy groups -OCH3 is 1. The molecule has 0 saturated carbocycles. The molecule has 2 aromatic heterocycles. The number of benzene rings is 4. The molecule has 0 bridgehead atoms. The predicted octanol–water partition coefficient (Wildman–Crippen LogP) is 10.7. The number of carboxylic acids is 1. The zero-order valence-corrected chi connectivity index (χ0v) is 35.3. The monoisotopic (exact) mass is 1040 g/mol. The second kappa shape index (κ2) is 22.5. The minimum absolute atomic E-state index is 0.0109. The molecule has 0 spiro atoms. The highest BCUT2D eigenvalue weighted by molar-refractivity contribution is 6.58. The highest BCUT2D eigenvalue weighted by Gasteiger charge is 2.36. The first-order chi connectivity index (χ1) is 30.9. The van der Waals surface area contributed by atoms with Gasteiger partial charge in [-0.25, -0.2) is 19.0 Å². The zero-order valence-electron chi connectivity index (χ0n) is 32.3. The molecule has 4 aromatic carbocycles. The summed E-state index contributed by atoms with van der Waals surface area (Å²) < 4.78 is 156. The summed E-state index contributed by atoms with van der Waals surface area (Å²) in [5.74, 6) is -2.06. The molecular weight excluding hydrogens is 1020 g/mol. The van der Waals surface area contributed by atoms with Crippen LogP contribution in [0.2, 0.25) is 20.1 Å². The van der Waals surface area contributed by atoms with Gasteiger partial charge in [0, 0.05) is 10.6 Å². The third-order valence-electron chi connectivity index (χ3n) is 7.65. The van der Waals surface area contributed by atoms with Crippen LogP contribution in [0.15, 0.2) is 90.3 Å². The van der Waals surface area contributed by atoms with Gasteiger partial charge in [0.15, 0.2) is 11.4 Å². The molecule has 6 rings (SSSR count). The van der Waals surface area contributed by atoms with E-state index in [1.54, 1.807) is 0 Å². The number of rotatable bonds is 6. The number of ether oxygens (including phenoxy) is 1. The van der Waals surface area contributed by atoms with Crippen molar-refractivity contribution in [2.24, 2.45) is 5.11 Å². The van der Waals surface area contributed by atoms with Crippen LogP contribution >= 0.6 is 46.4 Å². The fourth-order valence-corrected chi connectivity index (χ4v) is 5.49. The molecule has 2 heterocycles. The van der Waals surface area contributed by atoms with Gasteiger partial charge in [0.2, 0.25) is 0 Å². The molecule has 0 amide bonds. The van der Waals surface area contributed by atoms with Crippen LogP contribution in [0, 0.1) is 0 Å². The molecule has 0 radical (unpaired) electrons. The molecule has 0 unspecified atom stereocenters. The molecule has 0 atom stereocenters. The van der Waals surface area contributed by atoms with Crippen molar-refractivity contribution in [3.63, 3.8) is 0 Å². The van der Waals surface area contributed by atoms with Crippen LogP contribution in [0.25, 0.3) is 21.8 Å². The Labute approximate surface area is 385 Å². The topological polar surface area (TPSA) is 214 Å². The van der Waals surface area contributed by atoms with E-state index in [1.165, 1.54) is 18.2 Å². The van der Waals surface area contributed by atoms with Crippen molar-refractivity contribution in [3.8, 4) is 11.4 Å². The number of carbonyl (C=O) groups excluding carboxylic acids is 1. The third kappa shape index (κ3) is 15.7. The number of esters is 1. The normalized spacial score (nSPS) is 11.4. The molecule has 67 heavy (non-hydrogen) atoms. The van der Waals surface area contributed by atoms with Gasteiger partial charge in [0.25, 0.3) is 0 Å². The number of hydrogen-bond donors (Lipinski definition) is 3. The number of carboxylic acid groups (broad SMARTS) is 1. The molecule has 15 nitrogen and oxygen atoms in total. The first kappa shape index (κ1) is 55.0. The van der Waals surface area contributed by atoms with E-state index in [0.29, 0.717) is 12.1 Å². The Morgan fingerprint density at radius 3 is 1.37 bits per heavy atom. The summed E-state index contributed by atoms with van der Waals surface area (Å²) in [6.07, 6.45) is -16.2. The Bertz CT molecular complexity index is 2770. The highest BCUT2D eigenvalue weighted by atomic mass is 35.5. The number of nitrogens with zero attached hydrogens (tertiary/aromatic N) is 9. The van der Waals surface area contributed by atoms with Gasteiger partial charge in [-0.1, -0.05) is 74.1 Å². The zero-order chi connectivity index (χ0) is 50.8. The summed E-state index contributed by atoms with van der Waals surface area (Å²) in [5.41, 5.74) is 3.14. The number of halogens is 16. The van der Waals surface area contributed by atoms with E-state index < -0.39 is 86.1 Å². The molecule has 0 aliphatic carbocycles. The molecule has 0 fully saturated rings. The summed E-state index contributed by atoms with van der Waals surface area (Å²) in [4.78, 5) is 24.2. The molecule has 0 saturated heterocycles. The maximum atomic E-state index is 12.7. The Kier molecular flexibility index (Phi) is 18.5. The summed E-state index contributed by atoms with van der Waals surface area (Å²) in [6, 6.07) is 12.0. The second-order valence-electron chi connectivity index (χ2n) is 12.2. The minimum atomic E-state index is -4.61. The Morgan fingerprint density at radius 1 is 0.627 bits per heavy atom. The van der Waals surface area contributed by atoms with Crippen LogP contribution < -0.4 is 5.46 Å². The summed E-state index contributed by atoms with van der Waals surface area (Å²) in [5, 5.41) is 41.0. The van der Waals surface area contributed by atoms with E-state index in [1.807, 2.05) is 0 Å². The minimum Gasteiger partial charge on any atom is -0.476 e. The first-order valence-electron chi connectivity index (χ1n) is 16.9. The Balaban J connectivity index is 0.000000240. The van der Waals surface area contributed by atoms with E-state index in [-0.39, 0.29) is 33.9 Å². The van der Waals surface area contributed by atoms with Crippen molar-refractivity contribution in [2.75, 3.05) is 7.11 Å². The standard InChI is InChI=1S/C11H7ClF3N3O2.C10H5ClF3N3O2.C7H5BClF3O2.C7H3ClF3N3/c1-20-10(19)9-5-18(17-16-9)6-2-3-8(12)7(4-6)11(13,14)15;11-7-2-1-5(3-6(7)10(12,13)14)17-4-8(9(18)19)15-16-17;9-6-2-1-4(8(13)14)3-5(6)7(10,11)12;8-6-2-1-4(13-14-12)3-5(6)7(9,10)11/h2-5H,1H3;1-4H,(H,18,19);1-3,13-14H;1-3H. The number of hydrogen-bond acceptors (Lipinski definition) is 10. The largest absolute Gasteiger partial charge is 0.488 e. The van der Waals surface area contributed by atoms with Crippen molar-refractivity contribution in [1.82, 2.24) is 30.0 Å². The Morgan fingerprint density at radius 2 is 1.00 bits per heavy atom. The fraction of sp³-hybridized carbons (Fsp3) is 0.143. The molecule has 356 valence electrons. The summed E-state index contributed by atoms with van der Waals surface area (Å²) in [7, 11) is -0.779. The summed E-state index contributed by atoms with van der Waals surface area (Å²) in [6.45, 7) is 0. The van der Waals surface area contributed by atoms with Gasteiger partial charge in [0.05, 0.1) is 73.2 Å². The molecule has 0 aliphatic rings. The smallest absolute Gasteiger partial charge is 0.476 e. The lowest BCUT2D eigenvalue weighted by atomic mass is 9.79. The first-order valence-corrected chi connectivity index (χ1v) is 18.4. The summed E-state index contributed by atoms with van der Waals surface area (Å²) >= 11 is 21.6. The van der Waals surface area contributed by atoms with Crippen LogP contribution in [0.1, 0.15) is 43.2 Å². The lowest BCUT2D eigenvalue weighted by Crippen LogP contribution is -2.30. The fourth-order valence-electron chi connectivity index (χ4n) is 4.59. The van der Waals surface area contributed by atoms with Crippen molar-refractivity contribution in [3.05, 3.63) is 149 Å². The van der Waals surface area contributed by atoms with Crippen LogP contribution in [-0.2, 0) is 29.4 Å². The van der Waals surface area contributed by atoms with Gasteiger partial charge in [-0.05, 0) is 71.7 Å². The lowest BCUT2D eigenvalue weighted by molar-refractivity contribution is -0.138. The number of aromatic nitrogens is 6. The van der Waals surface area contributed by atoms with Gasteiger partial charge >= 0.3 is 43.8 Å². The average Bonchev–Trinajstić information content (AvgIpc) is 3.93. The van der Waals surface area contributed by atoms with Crippen LogP contribution in [-0.4, -0.2) is 71.3 Å². The third-order valence-corrected chi connectivity index (χ3v) is 8.97. The van der Waals surface area contributed by atoms with Crippen molar-refractivity contribution < 1.29 is 82.2 Å². The van der Waals surface area contributed by atoms with Gasteiger partial charge < -0.3 is 19.9 Å². The van der Waals surface area contributed by atoms with Crippen LogP contribution in [0.4, 0.5) is 58.4 Å². The van der Waals surface area contributed by atoms with E-state index in [0.717, 1.165) is 71.3 Å². The molecule has 0 aliphatic heterocycles. The highest BCUT2D eigenvalue weighted by Crippen LogP contribution is 2.39. The second-order valence-corrected chi connectivity index (χ2v) is 13.8. The maximum absolute atomic E-state index is 12.7. The maximum Gasteiger partial charge on any atom is 0.488 e. The van der Waals surface area contributed by atoms with Gasteiger partial charge in [-0.2, -0.15) is 52.7 Å². The number of alkyl halides is 12. The molecule has 3 N–H and O–H groups in total. The van der Waals surface area contributed by atoms with Crippen molar-refractivity contribution in [2.45, 2.75) is 24.7 Å². The molecule has 32 heteroatoms. The number of aromatic carboxylic acids is 1.